The van der Waals surface area contributed by atoms with Crippen LogP contribution in [-0.2, 0) is 6.54 Å². The highest BCUT2D eigenvalue weighted by atomic mass is 15.2. The summed E-state index contributed by atoms with van der Waals surface area (Å²) in [7, 11) is 0. The first-order valence-corrected chi connectivity index (χ1v) is 7.36. The van der Waals surface area contributed by atoms with Crippen LogP contribution in [0.3, 0.4) is 0 Å². The van der Waals surface area contributed by atoms with E-state index in [0.717, 1.165) is 31.5 Å². The maximum atomic E-state index is 4.66. The molecule has 2 N–H and O–H groups in total. The van der Waals surface area contributed by atoms with Crippen molar-refractivity contribution in [2.75, 3.05) is 13.1 Å². The Morgan fingerprint density at radius 3 is 2.74 bits per heavy atom. The van der Waals surface area contributed by atoms with Crippen molar-refractivity contribution >= 4 is 5.96 Å². The molecular weight excluding hydrogens is 234 g/mol. The molecule has 1 fully saturated rings. The SMILES string of the molecule is CCNC(=NCc1ccccc1C)NCCC1CC1. The predicted octanol–water partition coefficient (Wildman–Crippen LogP) is 2.85. The predicted molar refractivity (Wildman–Crippen MR) is 81.3 cm³/mol. The van der Waals surface area contributed by atoms with Gasteiger partial charge >= 0.3 is 0 Å². The van der Waals surface area contributed by atoms with Gasteiger partial charge in [-0.05, 0) is 37.3 Å². The summed E-state index contributed by atoms with van der Waals surface area (Å²) in [5, 5.41) is 6.73. The lowest BCUT2D eigenvalue weighted by Gasteiger charge is -2.11. The Morgan fingerprint density at radius 2 is 2.05 bits per heavy atom. The average Bonchev–Trinajstić information content (AvgIpc) is 3.22. The fraction of sp³-hybridized carbons (Fsp3) is 0.562. The molecule has 0 spiro atoms. The van der Waals surface area contributed by atoms with Crippen molar-refractivity contribution in [3.63, 3.8) is 0 Å². The summed E-state index contributed by atoms with van der Waals surface area (Å²) < 4.78 is 0. The van der Waals surface area contributed by atoms with E-state index in [-0.39, 0.29) is 0 Å². The van der Waals surface area contributed by atoms with Gasteiger partial charge in [0.2, 0.25) is 0 Å². The van der Waals surface area contributed by atoms with Gasteiger partial charge in [-0.15, -0.1) is 0 Å². The van der Waals surface area contributed by atoms with Crippen LogP contribution < -0.4 is 10.6 Å². The minimum atomic E-state index is 0.742. The normalized spacial score (nSPS) is 15.4. The van der Waals surface area contributed by atoms with Gasteiger partial charge in [0.25, 0.3) is 0 Å². The Kier molecular flexibility index (Phi) is 5.25. The van der Waals surface area contributed by atoms with Gasteiger partial charge in [0, 0.05) is 13.1 Å². The van der Waals surface area contributed by atoms with Crippen molar-refractivity contribution in [3.05, 3.63) is 35.4 Å². The highest BCUT2D eigenvalue weighted by molar-refractivity contribution is 5.79. The summed E-state index contributed by atoms with van der Waals surface area (Å²) in [4.78, 5) is 4.66. The van der Waals surface area contributed by atoms with Crippen LogP contribution in [0.4, 0.5) is 0 Å². The molecule has 0 amide bonds. The lowest BCUT2D eigenvalue weighted by molar-refractivity contribution is 0.685. The highest BCUT2D eigenvalue weighted by Crippen LogP contribution is 2.31. The summed E-state index contributed by atoms with van der Waals surface area (Å²) in [6, 6.07) is 8.43. The van der Waals surface area contributed by atoms with Gasteiger partial charge in [0.15, 0.2) is 5.96 Å². The molecule has 3 heteroatoms. The quantitative estimate of drug-likeness (QED) is 0.609. The monoisotopic (exact) mass is 259 g/mol. The van der Waals surface area contributed by atoms with Crippen molar-refractivity contribution in [2.24, 2.45) is 10.9 Å². The third-order valence-corrected chi connectivity index (χ3v) is 3.55. The topological polar surface area (TPSA) is 36.4 Å². The zero-order valence-corrected chi connectivity index (χ0v) is 12.1. The van der Waals surface area contributed by atoms with Crippen molar-refractivity contribution in [1.82, 2.24) is 10.6 Å². The number of hydrogen-bond acceptors (Lipinski definition) is 1. The average molecular weight is 259 g/mol. The van der Waals surface area contributed by atoms with Crippen LogP contribution in [0.15, 0.2) is 29.3 Å². The second kappa shape index (κ2) is 7.17. The molecule has 0 radical (unpaired) electrons. The van der Waals surface area contributed by atoms with Crippen molar-refractivity contribution in [1.29, 1.82) is 0 Å². The van der Waals surface area contributed by atoms with Crippen LogP contribution in [0, 0.1) is 12.8 Å². The number of benzene rings is 1. The van der Waals surface area contributed by atoms with E-state index in [2.05, 4.69) is 53.7 Å². The lowest BCUT2D eigenvalue weighted by Crippen LogP contribution is -2.37. The Balaban J connectivity index is 1.85. The fourth-order valence-corrected chi connectivity index (χ4v) is 2.09. The number of aliphatic imine (C=N–C) groups is 1. The molecule has 1 saturated carbocycles. The van der Waals surface area contributed by atoms with Crippen LogP contribution in [0.25, 0.3) is 0 Å². The smallest absolute Gasteiger partial charge is 0.191 e. The Bertz CT molecular complexity index is 422. The zero-order valence-electron chi connectivity index (χ0n) is 12.1. The van der Waals surface area contributed by atoms with Gasteiger partial charge in [-0.2, -0.15) is 0 Å². The number of nitrogens with zero attached hydrogens (tertiary/aromatic N) is 1. The Labute approximate surface area is 116 Å². The number of nitrogens with one attached hydrogen (secondary N) is 2. The van der Waals surface area contributed by atoms with Crippen LogP contribution >= 0.6 is 0 Å². The molecule has 3 nitrogen and oxygen atoms in total. The molecule has 19 heavy (non-hydrogen) atoms. The Morgan fingerprint density at radius 1 is 1.26 bits per heavy atom. The third kappa shape index (κ3) is 4.93. The molecule has 1 aromatic rings. The first kappa shape index (κ1) is 13.9. The van der Waals surface area contributed by atoms with E-state index < -0.39 is 0 Å². The van der Waals surface area contributed by atoms with E-state index >= 15 is 0 Å². The van der Waals surface area contributed by atoms with E-state index in [1.165, 1.54) is 30.4 Å². The molecule has 1 aromatic carbocycles. The van der Waals surface area contributed by atoms with Gasteiger partial charge in [-0.25, -0.2) is 4.99 Å². The minimum absolute atomic E-state index is 0.742. The zero-order chi connectivity index (χ0) is 13.5. The van der Waals surface area contributed by atoms with Crippen molar-refractivity contribution in [3.8, 4) is 0 Å². The largest absolute Gasteiger partial charge is 0.357 e. The maximum Gasteiger partial charge on any atom is 0.191 e. The molecule has 0 unspecified atom stereocenters. The maximum absolute atomic E-state index is 4.66. The van der Waals surface area contributed by atoms with Crippen LogP contribution in [0.2, 0.25) is 0 Å². The molecule has 0 heterocycles. The molecule has 0 atom stereocenters. The lowest BCUT2D eigenvalue weighted by atomic mass is 10.1. The molecule has 0 bridgehead atoms. The Hall–Kier alpha value is -1.51. The molecular formula is C16H25N3. The molecule has 0 aliphatic heterocycles. The minimum Gasteiger partial charge on any atom is -0.357 e. The van der Waals surface area contributed by atoms with E-state index in [1.54, 1.807) is 0 Å². The highest BCUT2D eigenvalue weighted by Gasteiger charge is 2.20. The van der Waals surface area contributed by atoms with Gasteiger partial charge in [0.05, 0.1) is 6.54 Å². The standard InChI is InChI=1S/C16H25N3/c1-3-17-16(18-11-10-14-8-9-14)19-12-15-7-5-4-6-13(15)2/h4-7,14H,3,8-12H2,1-2H3,(H2,17,18,19). The summed E-state index contributed by atoms with van der Waals surface area (Å²) in [6.45, 7) is 6.92. The summed E-state index contributed by atoms with van der Waals surface area (Å²) >= 11 is 0. The molecule has 0 aromatic heterocycles. The summed E-state index contributed by atoms with van der Waals surface area (Å²) in [5.74, 6) is 1.90. The second-order valence-corrected chi connectivity index (χ2v) is 5.28. The van der Waals surface area contributed by atoms with Crippen molar-refractivity contribution < 1.29 is 0 Å². The molecule has 1 aliphatic carbocycles. The van der Waals surface area contributed by atoms with Crippen LogP contribution in [0.1, 0.15) is 37.3 Å². The van der Waals surface area contributed by atoms with E-state index in [4.69, 9.17) is 0 Å². The molecule has 2 rings (SSSR count). The van der Waals surface area contributed by atoms with Crippen LogP contribution in [-0.4, -0.2) is 19.0 Å². The number of rotatable bonds is 6. The van der Waals surface area contributed by atoms with Gasteiger partial charge in [0.1, 0.15) is 0 Å². The fourth-order valence-electron chi connectivity index (χ4n) is 2.09. The number of aryl methyl sites for hydroxylation is 1. The van der Waals surface area contributed by atoms with E-state index in [1.807, 2.05) is 0 Å². The van der Waals surface area contributed by atoms with E-state index in [0.29, 0.717) is 0 Å². The second-order valence-electron chi connectivity index (χ2n) is 5.28. The van der Waals surface area contributed by atoms with Gasteiger partial charge in [-0.3, -0.25) is 0 Å². The van der Waals surface area contributed by atoms with E-state index in [9.17, 15) is 0 Å². The molecule has 104 valence electrons. The third-order valence-electron chi connectivity index (χ3n) is 3.55. The van der Waals surface area contributed by atoms with Gasteiger partial charge < -0.3 is 10.6 Å². The number of hydrogen-bond donors (Lipinski definition) is 2. The summed E-state index contributed by atoms with van der Waals surface area (Å²) in [6.07, 6.45) is 4.10. The van der Waals surface area contributed by atoms with Gasteiger partial charge in [-0.1, -0.05) is 37.1 Å². The number of guanidine groups is 1. The van der Waals surface area contributed by atoms with Crippen LogP contribution in [0.5, 0.6) is 0 Å². The summed E-state index contributed by atoms with van der Waals surface area (Å²) in [5.41, 5.74) is 2.60. The first-order chi connectivity index (χ1) is 9.29. The van der Waals surface area contributed by atoms with Crippen molar-refractivity contribution in [2.45, 2.75) is 39.7 Å². The molecule has 1 aliphatic rings. The molecule has 0 saturated heterocycles. The first-order valence-electron chi connectivity index (χ1n) is 7.36.